The normalized spacial score (nSPS) is 10.6. The van der Waals surface area contributed by atoms with Gasteiger partial charge in [-0.3, -0.25) is 4.98 Å². The van der Waals surface area contributed by atoms with E-state index in [9.17, 15) is 5.11 Å². The number of rotatable bonds is 0. The van der Waals surface area contributed by atoms with E-state index in [-0.39, 0.29) is 5.75 Å². The molecular weight excluding hydrogens is 232 g/mol. The Labute approximate surface area is 83.6 Å². The lowest BCUT2D eigenvalue weighted by atomic mass is 10.2. The predicted molar refractivity (Wildman–Crippen MR) is 53.6 cm³/mol. The Kier molecular flexibility index (Phi) is 1.92. The third-order valence-electron chi connectivity index (χ3n) is 1.87. The van der Waals surface area contributed by atoms with E-state index < -0.39 is 0 Å². The lowest BCUT2D eigenvalue weighted by Gasteiger charge is -2.03. The summed E-state index contributed by atoms with van der Waals surface area (Å²) in [5.41, 5.74) is 2.01. The van der Waals surface area contributed by atoms with Gasteiger partial charge in [0.25, 0.3) is 0 Å². The number of aromatic nitrogens is 2. The third kappa shape index (κ3) is 1.27. The zero-order chi connectivity index (χ0) is 9.42. The minimum absolute atomic E-state index is 0.200. The largest absolute Gasteiger partial charge is 0.505 e. The standard InChI is InChI=1S/C9H7BrN2O/c1-5-4-6(10)7-8(9(5)13)12-3-2-11-7/h2-4,13H,1H3. The molecule has 3 nitrogen and oxygen atoms in total. The molecule has 0 spiro atoms. The van der Waals surface area contributed by atoms with Crippen molar-refractivity contribution in [2.24, 2.45) is 0 Å². The maximum atomic E-state index is 9.66. The molecule has 0 aliphatic heterocycles. The topological polar surface area (TPSA) is 46.0 Å². The van der Waals surface area contributed by atoms with Crippen LogP contribution in [0.25, 0.3) is 11.0 Å². The minimum atomic E-state index is 0.200. The van der Waals surface area contributed by atoms with Crippen LogP contribution in [0.2, 0.25) is 0 Å². The number of halogens is 1. The lowest BCUT2D eigenvalue weighted by molar-refractivity contribution is 0.476. The molecule has 0 saturated heterocycles. The van der Waals surface area contributed by atoms with Crippen LogP contribution in [0.15, 0.2) is 22.9 Å². The van der Waals surface area contributed by atoms with Crippen molar-refractivity contribution in [3.8, 4) is 5.75 Å². The van der Waals surface area contributed by atoms with E-state index in [0.29, 0.717) is 11.0 Å². The fourth-order valence-electron chi connectivity index (χ4n) is 1.20. The first-order valence-corrected chi connectivity index (χ1v) is 4.58. The highest BCUT2D eigenvalue weighted by atomic mass is 79.9. The van der Waals surface area contributed by atoms with Crippen molar-refractivity contribution in [2.75, 3.05) is 0 Å². The number of aryl methyl sites for hydroxylation is 1. The zero-order valence-electron chi connectivity index (χ0n) is 6.95. The van der Waals surface area contributed by atoms with Gasteiger partial charge in [0.05, 0.1) is 0 Å². The maximum Gasteiger partial charge on any atom is 0.146 e. The van der Waals surface area contributed by atoms with Gasteiger partial charge in [-0.25, -0.2) is 4.98 Å². The van der Waals surface area contributed by atoms with Crippen molar-refractivity contribution in [1.82, 2.24) is 9.97 Å². The predicted octanol–water partition coefficient (Wildman–Crippen LogP) is 2.41. The average Bonchev–Trinajstić information content (AvgIpc) is 2.15. The van der Waals surface area contributed by atoms with Crippen LogP contribution in [0.5, 0.6) is 5.75 Å². The molecule has 4 heteroatoms. The van der Waals surface area contributed by atoms with Crippen LogP contribution in [0.4, 0.5) is 0 Å². The number of benzene rings is 1. The smallest absolute Gasteiger partial charge is 0.146 e. The summed E-state index contributed by atoms with van der Waals surface area (Å²) in [4.78, 5) is 8.17. The van der Waals surface area contributed by atoms with E-state index >= 15 is 0 Å². The van der Waals surface area contributed by atoms with E-state index in [2.05, 4.69) is 25.9 Å². The molecule has 66 valence electrons. The van der Waals surface area contributed by atoms with Gasteiger partial charge in [0.1, 0.15) is 16.8 Å². The number of phenolic OH excluding ortho intramolecular Hbond substituents is 1. The number of fused-ring (bicyclic) bond motifs is 1. The molecule has 2 aromatic rings. The second-order valence-corrected chi connectivity index (χ2v) is 3.63. The Hall–Kier alpha value is -1.16. The Morgan fingerprint density at radius 3 is 2.54 bits per heavy atom. The van der Waals surface area contributed by atoms with Gasteiger partial charge in [0, 0.05) is 16.9 Å². The van der Waals surface area contributed by atoms with Crippen molar-refractivity contribution in [2.45, 2.75) is 6.92 Å². The number of hydrogen-bond donors (Lipinski definition) is 1. The van der Waals surface area contributed by atoms with Gasteiger partial charge < -0.3 is 5.11 Å². The van der Waals surface area contributed by atoms with Crippen molar-refractivity contribution in [3.05, 3.63) is 28.5 Å². The van der Waals surface area contributed by atoms with Crippen molar-refractivity contribution in [3.63, 3.8) is 0 Å². The Balaban J connectivity index is 2.97. The molecule has 0 fully saturated rings. The highest BCUT2D eigenvalue weighted by molar-refractivity contribution is 9.10. The van der Waals surface area contributed by atoms with E-state index in [0.717, 1.165) is 10.0 Å². The van der Waals surface area contributed by atoms with E-state index in [1.807, 2.05) is 13.0 Å². The Morgan fingerprint density at radius 1 is 1.23 bits per heavy atom. The van der Waals surface area contributed by atoms with Crippen LogP contribution in [-0.2, 0) is 0 Å². The second kappa shape index (κ2) is 2.96. The Bertz CT molecular complexity index is 470. The van der Waals surface area contributed by atoms with E-state index in [1.54, 1.807) is 12.4 Å². The highest BCUT2D eigenvalue weighted by Gasteiger charge is 2.08. The fourth-order valence-corrected chi connectivity index (χ4v) is 1.83. The lowest BCUT2D eigenvalue weighted by Crippen LogP contribution is -1.86. The molecule has 0 bridgehead atoms. The molecule has 1 aromatic carbocycles. The zero-order valence-corrected chi connectivity index (χ0v) is 8.54. The highest BCUT2D eigenvalue weighted by Crippen LogP contribution is 2.30. The van der Waals surface area contributed by atoms with Gasteiger partial charge >= 0.3 is 0 Å². The summed E-state index contributed by atoms with van der Waals surface area (Å²) in [7, 11) is 0. The number of nitrogens with zero attached hydrogens (tertiary/aromatic N) is 2. The maximum absolute atomic E-state index is 9.66. The molecule has 1 heterocycles. The van der Waals surface area contributed by atoms with Crippen LogP contribution in [0.1, 0.15) is 5.56 Å². The summed E-state index contributed by atoms with van der Waals surface area (Å²) in [5, 5.41) is 9.66. The van der Waals surface area contributed by atoms with Crippen LogP contribution in [-0.4, -0.2) is 15.1 Å². The van der Waals surface area contributed by atoms with Crippen LogP contribution in [0.3, 0.4) is 0 Å². The first kappa shape index (κ1) is 8.44. The molecule has 0 atom stereocenters. The average molecular weight is 239 g/mol. The summed E-state index contributed by atoms with van der Waals surface area (Å²) in [6, 6.07) is 1.83. The molecule has 0 aliphatic carbocycles. The molecule has 0 aliphatic rings. The summed E-state index contributed by atoms with van der Waals surface area (Å²) in [6.07, 6.45) is 3.16. The molecule has 2 rings (SSSR count). The monoisotopic (exact) mass is 238 g/mol. The fraction of sp³-hybridized carbons (Fsp3) is 0.111. The molecule has 0 unspecified atom stereocenters. The van der Waals surface area contributed by atoms with Gasteiger partial charge in [-0.15, -0.1) is 0 Å². The second-order valence-electron chi connectivity index (χ2n) is 2.78. The molecule has 1 N–H and O–H groups in total. The van der Waals surface area contributed by atoms with Gasteiger partial charge in [-0.1, -0.05) is 0 Å². The van der Waals surface area contributed by atoms with Gasteiger partial charge in [0.2, 0.25) is 0 Å². The van der Waals surface area contributed by atoms with Crippen molar-refractivity contribution < 1.29 is 5.11 Å². The van der Waals surface area contributed by atoms with Crippen LogP contribution in [0, 0.1) is 6.92 Å². The minimum Gasteiger partial charge on any atom is -0.505 e. The van der Waals surface area contributed by atoms with Gasteiger partial charge in [-0.2, -0.15) is 0 Å². The summed E-state index contributed by atoms with van der Waals surface area (Å²) in [6.45, 7) is 1.83. The van der Waals surface area contributed by atoms with Crippen molar-refractivity contribution in [1.29, 1.82) is 0 Å². The number of phenols is 1. The molecule has 13 heavy (non-hydrogen) atoms. The molecule has 0 amide bonds. The Morgan fingerprint density at radius 2 is 1.85 bits per heavy atom. The first-order chi connectivity index (χ1) is 6.20. The molecule has 0 saturated carbocycles. The summed E-state index contributed by atoms with van der Waals surface area (Å²) < 4.78 is 0.853. The molecule has 0 radical (unpaired) electrons. The molecule has 1 aromatic heterocycles. The SMILES string of the molecule is Cc1cc(Br)c2nccnc2c1O. The third-order valence-corrected chi connectivity index (χ3v) is 2.47. The quantitative estimate of drug-likeness (QED) is 0.767. The summed E-state index contributed by atoms with van der Waals surface area (Å²) >= 11 is 3.37. The number of aromatic hydroxyl groups is 1. The molecular formula is C9H7BrN2O. The first-order valence-electron chi connectivity index (χ1n) is 3.79. The van der Waals surface area contributed by atoms with E-state index in [4.69, 9.17) is 0 Å². The van der Waals surface area contributed by atoms with Crippen LogP contribution >= 0.6 is 15.9 Å². The van der Waals surface area contributed by atoms with Gasteiger partial charge in [-0.05, 0) is 34.5 Å². The van der Waals surface area contributed by atoms with Crippen molar-refractivity contribution >= 4 is 27.0 Å². The number of hydrogen-bond acceptors (Lipinski definition) is 3. The summed E-state index contributed by atoms with van der Waals surface area (Å²) in [5.74, 6) is 0.200. The van der Waals surface area contributed by atoms with E-state index in [1.165, 1.54) is 0 Å². The van der Waals surface area contributed by atoms with Crippen LogP contribution < -0.4 is 0 Å². The van der Waals surface area contributed by atoms with Gasteiger partial charge in [0.15, 0.2) is 0 Å².